The zero-order chi connectivity index (χ0) is 24.2. The molecule has 0 saturated carbocycles. The number of methoxy groups -OCH3 is 1. The van der Waals surface area contributed by atoms with Crippen molar-refractivity contribution in [3.8, 4) is 0 Å². The van der Waals surface area contributed by atoms with Crippen LogP contribution in [0, 0.1) is 10.1 Å². The molecule has 10 nitrogen and oxygen atoms in total. The minimum Gasteiger partial charge on any atom is -0.437 e. The predicted molar refractivity (Wildman–Crippen MR) is 121 cm³/mol. The number of ether oxygens (including phenoxy) is 2. The zero-order valence-corrected chi connectivity index (χ0v) is 18.8. The van der Waals surface area contributed by atoms with Crippen LogP contribution in [0.1, 0.15) is 42.6 Å². The lowest BCUT2D eigenvalue weighted by atomic mass is 9.84. The van der Waals surface area contributed by atoms with Gasteiger partial charge in [0.15, 0.2) is 5.82 Å². The molecule has 1 unspecified atom stereocenters. The van der Waals surface area contributed by atoms with Crippen LogP contribution in [0.5, 0.6) is 0 Å². The first-order valence-corrected chi connectivity index (χ1v) is 10.4. The molecule has 3 aromatic rings. The van der Waals surface area contributed by atoms with E-state index in [0.29, 0.717) is 34.8 Å². The standard InChI is InChI=1S/C24H22N4O6/c1-14-20(23-26-19(27-34-23)13-16-9-5-4-6-10-16)21(17-11-7-8-12-18(17)28(30)31)22(15(2)25-14)33-24(29)32-3/h4-12,21,25H,13H2,1-3H3. The maximum absolute atomic E-state index is 12.0. The lowest BCUT2D eigenvalue weighted by Gasteiger charge is -2.29. The number of carbonyl (C=O) groups is 1. The normalized spacial score (nSPS) is 15.7. The summed E-state index contributed by atoms with van der Waals surface area (Å²) >= 11 is 0. The van der Waals surface area contributed by atoms with Crippen LogP contribution in [0.15, 0.2) is 76.3 Å². The van der Waals surface area contributed by atoms with Crippen molar-refractivity contribution >= 4 is 17.4 Å². The molecule has 34 heavy (non-hydrogen) atoms. The van der Waals surface area contributed by atoms with E-state index in [2.05, 4.69) is 20.2 Å². The van der Waals surface area contributed by atoms with Gasteiger partial charge in [-0.05, 0) is 19.4 Å². The van der Waals surface area contributed by atoms with E-state index in [-0.39, 0.29) is 17.3 Å². The third kappa shape index (κ3) is 4.51. The molecule has 4 rings (SSSR count). The van der Waals surface area contributed by atoms with E-state index in [9.17, 15) is 14.9 Å². The van der Waals surface area contributed by atoms with E-state index in [1.54, 1.807) is 32.0 Å². The highest BCUT2D eigenvalue weighted by atomic mass is 16.7. The van der Waals surface area contributed by atoms with Crippen LogP contribution in [0.3, 0.4) is 0 Å². The Morgan fingerprint density at radius 2 is 1.82 bits per heavy atom. The monoisotopic (exact) mass is 462 g/mol. The topological polar surface area (TPSA) is 130 Å². The molecule has 1 N–H and O–H groups in total. The molecule has 2 heterocycles. The minimum absolute atomic E-state index is 0.137. The lowest BCUT2D eigenvalue weighted by Crippen LogP contribution is -2.27. The molecule has 174 valence electrons. The number of para-hydroxylation sites is 1. The van der Waals surface area contributed by atoms with Gasteiger partial charge in [0.05, 0.1) is 29.2 Å². The Labute approximate surface area is 195 Å². The Kier molecular flexibility index (Phi) is 6.39. The van der Waals surface area contributed by atoms with Crippen molar-refractivity contribution in [2.24, 2.45) is 0 Å². The number of aromatic nitrogens is 2. The Bertz CT molecular complexity index is 1300. The second-order valence-corrected chi connectivity index (χ2v) is 7.64. The molecule has 0 amide bonds. The maximum atomic E-state index is 12.0. The van der Waals surface area contributed by atoms with Crippen LogP contribution < -0.4 is 5.32 Å². The average molecular weight is 462 g/mol. The van der Waals surface area contributed by atoms with E-state index >= 15 is 0 Å². The number of allylic oxidation sites excluding steroid dienone is 3. The van der Waals surface area contributed by atoms with Crippen LogP contribution >= 0.6 is 0 Å². The molecule has 0 saturated heterocycles. The van der Waals surface area contributed by atoms with Gasteiger partial charge in [-0.3, -0.25) is 10.1 Å². The Morgan fingerprint density at radius 3 is 2.53 bits per heavy atom. The Hall–Kier alpha value is -4.47. The van der Waals surface area contributed by atoms with Crippen molar-refractivity contribution in [1.82, 2.24) is 15.5 Å². The number of rotatable bonds is 6. The molecular formula is C24H22N4O6. The van der Waals surface area contributed by atoms with Crippen molar-refractivity contribution in [2.45, 2.75) is 26.2 Å². The van der Waals surface area contributed by atoms with E-state index in [0.717, 1.165) is 5.56 Å². The van der Waals surface area contributed by atoms with Gasteiger partial charge < -0.3 is 19.3 Å². The van der Waals surface area contributed by atoms with Crippen LogP contribution in [-0.4, -0.2) is 28.3 Å². The van der Waals surface area contributed by atoms with Gasteiger partial charge in [-0.1, -0.05) is 53.7 Å². The second-order valence-electron chi connectivity index (χ2n) is 7.64. The van der Waals surface area contributed by atoms with Gasteiger partial charge in [0.2, 0.25) is 0 Å². The van der Waals surface area contributed by atoms with E-state index in [4.69, 9.17) is 9.26 Å². The van der Waals surface area contributed by atoms with Gasteiger partial charge in [0.25, 0.3) is 11.6 Å². The SMILES string of the molecule is COC(=O)OC1=C(C)NC(C)=C(c2nc(Cc3ccccc3)no2)C1c1ccccc1[N+](=O)[O-]. The number of nitrogens with one attached hydrogen (secondary N) is 1. The van der Waals surface area contributed by atoms with Crippen molar-refractivity contribution in [3.05, 3.63) is 105 Å². The van der Waals surface area contributed by atoms with Gasteiger partial charge in [-0.2, -0.15) is 4.98 Å². The fourth-order valence-corrected chi connectivity index (χ4v) is 3.93. The molecular weight excluding hydrogens is 440 g/mol. The zero-order valence-electron chi connectivity index (χ0n) is 18.8. The summed E-state index contributed by atoms with van der Waals surface area (Å²) in [6.07, 6.45) is -0.505. The molecule has 1 aliphatic heterocycles. The fraction of sp³-hybridized carbons (Fsp3) is 0.208. The molecule has 0 fully saturated rings. The highest BCUT2D eigenvalue weighted by Gasteiger charge is 2.39. The van der Waals surface area contributed by atoms with Crippen molar-refractivity contribution in [2.75, 3.05) is 7.11 Å². The molecule has 2 aromatic carbocycles. The number of nitro benzene ring substituents is 1. The predicted octanol–water partition coefficient (Wildman–Crippen LogP) is 4.70. The highest BCUT2D eigenvalue weighted by molar-refractivity contribution is 5.77. The van der Waals surface area contributed by atoms with Gasteiger partial charge in [0.1, 0.15) is 5.76 Å². The fourth-order valence-electron chi connectivity index (χ4n) is 3.93. The van der Waals surface area contributed by atoms with Crippen LogP contribution in [0.25, 0.3) is 5.57 Å². The van der Waals surface area contributed by atoms with Crippen LogP contribution in [-0.2, 0) is 15.9 Å². The molecule has 0 radical (unpaired) electrons. The van der Waals surface area contributed by atoms with E-state index in [1.165, 1.54) is 13.2 Å². The summed E-state index contributed by atoms with van der Waals surface area (Å²) in [6, 6.07) is 15.9. The van der Waals surface area contributed by atoms with Crippen molar-refractivity contribution in [3.63, 3.8) is 0 Å². The summed E-state index contributed by atoms with van der Waals surface area (Å²) in [5.74, 6) is -0.112. The van der Waals surface area contributed by atoms with Gasteiger partial charge in [0, 0.05) is 23.7 Å². The molecule has 1 aromatic heterocycles. The first-order chi connectivity index (χ1) is 16.4. The lowest BCUT2D eigenvalue weighted by molar-refractivity contribution is -0.385. The number of hydrogen-bond donors (Lipinski definition) is 1. The largest absolute Gasteiger partial charge is 0.513 e. The number of carbonyl (C=O) groups excluding carboxylic acids is 1. The third-order valence-corrected chi connectivity index (χ3v) is 5.41. The number of dihydropyridines is 1. The Morgan fingerprint density at radius 1 is 1.12 bits per heavy atom. The number of benzene rings is 2. The average Bonchev–Trinajstić information content (AvgIpc) is 3.28. The first-order valence-electron chi connectivity index (χ1n) is 10.4. The second kappa shape index (κ2) is 9.57. The Balaban J connectivity index is 1.83. The van der Waals surface area contributed by atoms with Gasteiger partial charge in [-0.15, -0.1) is 0 Å². The quantitative estimate of drug-likeness (QED) is 0.315. The molecule has 0 spiro atoms. The summed E-state index contributed by atoms with van der Waals surface area (Å²) < 4.78 is 15.7. The smallest absolute Gasteiger partial charge is 0.437 e. The van der Waals surface area contributed by atoms with Crippen molar-refractivity contribution < 1.29 is 23.7 Å². The minimum atomic E-state index is -0.950. The summed E-state index contributed by atoms with van der Waals surface area (Å²) in [4.78, 5) is 27.9. The van der Waals surface area contributed by atoms with Crippen molar-refractivity contribution in [1.29, 1.82) is 0 Å². The molecule has 0 bridgehead atoms. The summed E-state index contributed by atoms with van der Waals surface area (Å²) in [7, 11) is 1.18. The first kappa shape index (κ1) is 22.7. The van der Waals surface area contributed by atoms with E-state index < -0.39 is 17.0 Å². The molecule has 0 aliphatic carbocycles. The number of nitro groups is 1. The molecule has 10 heteroatoms. The van der Waals surface area contributed by atoms with Gasteiger partial charge in [-0.25, -0.2) is 4.79 Å². The number of hydrogen-bond acceptors (Lipinski definition) is 9. The maximum Gasteiger partial charge on any atom is 0.513 e. The summed E-state index contributed by atoms with van der Waals surface area (Å²) in [5.41, 5.74) is 2.77. The molecule has 1 aliphatic rings. The van der Waals surface area contributed by atoms with Crippen LogP contribution in [0.4, 0.5) is 10.5 Å². The summed E-state index contributed by atoms with van der Waals surface area (Å²) in [6.45, 7) is 3.49. The number of nitrogens with zero attached hydrogens (tertiary/aromatic N) is 3. The van der Waals surface area contributed by atoms with E-state index in [1.807, 2.05) is 30.3 Å². The third-order valence-electron chi connectivity index (χ3n) is 5.41. The van der Waals surface area contributed by atoms with Crippen LogP contribution in [0.2, 0.25) is 0 Å². The molecule has 1 atom stereocenters. The van der Waals surface area contributed by atoms with Gasteiger partial charge >= 0.3 is 6.16 Å². The summed E-state index contributed by atoms with van der Waals surface area (Å²) in [5, 5.41) is 19.1. The highest BCUT2D eigenvalue weighted by Crippen LogP contribution is 2.46.